The van der Waals surface area contributed by atoms with Crippen LogP contribution in [0.2, 0.25) is 10.0 Å². The van der Waals surface area contributed by atoms with Crippen LogP contribution in [0, 0.1) is 12.3 Å². The van der Waals surface area contributed by atoms with Crippen LogP contribution >= 0.6 is 23.2 Å². The third-order valence-electron chi connectivity index (χ3n) is 4.70. The molecule has 0 saturated carbocycles. The number of halogens is 2. The SMILES string of the molecule is CCNC(=O)c1nc(CC(C)(C)C)n(-c2cc(Cl)ccc2C)c1-c1cccc(Cl)c1. The van der Waals surface area contributed by atoms with Gasteiger partial charge in [0.15, 0.2) is 5.69 Å². The van der Waals surface area contributed by atoms with Crippen molar-refractivity contribution in [3.63, 3.8) is 0 Å². The van der Waals surface area contributed by atoms with Crippen LogP contribution in [-0.2, 0) is 6.42 Å². The molecule has 4 nitrogen and oxygen atoms in total. The fraction of sp³-hybridized carbons (Fsp3) is 0.333. The molecule has 0 saturated heterocycles. The highest BCUT2D eigenvalue weighted by Crippen LogP contribution is 2.34. The van der Waals surface area contributed by atoms with Crippen LogP contribution in [0.3, 0.4) is 0 Å². The van der Waals surface area contributed by atoms with Gasteiger partial charge in [-0.05, 0) is 49.1 Å². The Bertz CT molecular complexity index is 1080. The summed E-state index contributed by atoms with van der Waals surface area (Å²) in [5, 5.41) is 4.12. The number of benzene rings is 2. The summed E-state index contributed by atoms with van der Waals surface area (Å²) in [6.45, 7) is 10.9. The van der Waals surface area contributed by atoms with Crippen LogP contribution in [0.15, 0.2) is 42.5 Å². The first kappa shape index (κ1) is 22.4. The summed E-state index contributed by atoms with van der Waals surface area (Å²) in [6.07, 6.45) is 0.686. The highest BCUT2D eigenvalue weighted by atomic mass is 35.5. The summed E-state index contributed by atoms with van der Waals surface area (Å²) in [6, 6.07) is 13.3. The standard InChI is InChI=1S/C24H27Cl2N3O/c1-6-27-23(30)21-22(16-8-7-9-17(25)12-16)29(20(28-21)14-24(3,4)5)19-13-18(26)11-10-15(19)2/h7-13H,6,14H2,1-5H3,(H,27,30). The van der Waals surface area contributed by atoms with Crippen LogP contribution in [0.4, 0.5) is 0 Å². The van der Waals surface area contributed by atoms with Crippen molar-refractivity contribution < 1.29 is 4.79 Å². The normalized spacial score (nSPS) is 11.6. The van der Waals surface area contributed by atoms with E-state index in [1.165, 1.54) is 0 Å². The Morgan fingerprint density at radius 2 is 1.80 bits per heavy atom. The molecule has 1 heterocycles. The maximum absolute atomic E-state index is 13.0. The molecule has 158 valence electrons. The molecule has 0 radical (unpaired) electrons. The van der Waals surface area contributed by atoms with E-state index in [-0.39, 0.29) is 11.3 Å². The van der Waals surface area contributed by atoms with Crippen molar-refractivity contribution >= 4 is 29.1 Å². The van der Waals surface area contributed by atoms with Crippen molar-refractivity contribution in [1.29, 1.82) is 0 Å². The van der Waals surface area contributed by atoms with Gasteiger partial charge in [-0.2, -0.15) is 0 Å². The van der Waals surface area contributed by atoms with E-state index in [1.807, 2.05) is 56.3 Å². The number of imidazole rings is 1. The van der Waals surface area contributed by atoms with E-state index >= 15 is 0 Å². The molecule has 0 bridgehead atoms. The van der Waals surface area contributed by atoms with E-state index < -0.39 is 0 Å². The Morgan fingerprint density at radius 1 is 1.10 bits per heavy atom. The molecule has 6 heteroatoms. The molecular weight excluding hydrogens is 417 g/mol. The largest absolute Gasteiger partial charge is 0.351 e. The number of nitrogens with one attached hydrogen (secondary N) is 1. The average Bonchev–Trinajstić information content (AvgIpc) is 3.01. The topological polar surface area (TPSA) is 46.9 Å². The second kappa shape index (κ2) is 8.83. The molecule has 1 amide bonds. The van der Waals surface area contributed by atoms with Crippen molar-refractivity contribution in [2.24, 2.45) is 5.41 Å². The summed E-state index contributed by atoms with van der Waals surface area (Å²) < 4.78 is 2.06. The minimum absolute atomic E-state index is 0.0281. The Hall–Kier alpha value is -2.30. The van der Waals surface area contributed by atoms with Crippen LogP contribution in [0.5, 0.6) is 0 Å². The lowest BCUT2D eigenvalue weighted by Gasteiger charge is -2.21. The van der Waals surface area contributed by atoms with Crippen molar-refractivity contribution in [2.75, 3.05) is 6.54 Å². The van der Waals surface area contributed by atoms with Crippen molar-refractivity contribution in [1.82, 2.24) is 14.9 Å². The molecule has 30 heavy (non-hydrogen) atoms. The van der Waals surface area contributed by atoms with Crippen LogP contribution in [-0.4, -0.2) is 22.0 Å². The molecule has 0 aliphatic heterocycles. The number of amides is 1. The summed E-state index contributed by atoms with van der Waals surface area (Å²) in [4.78, 5) is 17.8. The highest BCUT2D eigenvalue weighted by molar-refractivity contribution is 6.31. The molecule has 0 fully saturated rings. The smallest absolute Gasteiger partial charge is 0.272 e. The monoisotopic (exact) mass is 443 g/mol. The molecule has 0 aliphatic carbocycles. The molecular formula is C24H27Cl2N3O. The first-order chi connectivity index (χ1) is 14.1. The van der Waals surface area contributed by atoms with Crippen molar-refractivity contribution in [3.8, 4) is 16.9 Å². The minimum atomic E-state index is -0.207. The number of hydrogen-bond donors (Lipinski definition) is 1. The molecule has 0 aliphatic rings. The number of nitrogens with zero attached hydrogens (tertiary/aromatic N) is 2. The molecule has 1 aromatic heterocycles. The summed E-state index contributed by atoms with van der Waals surface area (Å²) >= 11 is 12.7. The lowest BCUT2D eigenvalue weighted by molar-refractivity contribution is 0.0951. The fourth-order valence-corrected chi connectivity index (χ4v) is 3.80. The lowest BCUT2D eigenvalue weighted by Crippen LogP contribution is -2.24. The second-order valence-electron chi connectivity index (χ2n) is 8.60. The van der Waals surface area contributed by atoms with Crippen molar-refractivity contribution in [3.05, 3.63) is 69.6 Å². The molecule has 0 spiro atoms. The van der Waals surface area contributed by atoms with Gasteiger partial charge in [0.25, 0.3) is 5.91 Å². The number of carbonyl (C=O) groups excluding carboxylic acids is 1. The number of hydrogen-bond acceptors (Lipinski definition) is 2. The van der Waals surface area contributed by atoms with E-state index in [9.17, 15) is 4.79 Å². The Morgan fingerprint density at radius 3 is 2.43 bits per heavy atom. The zero-order chi connectivity index (χ0) is 22.1. The van der Waals surface area contributed by atoms with E-state index in [2.05, 4.69) is 30.7 Å². The van der Waals surface area contributed by atoms with E-state index in [1.54, 1.807) is 0 Å². The van der Waals surface area contributed by atoms with E-state index in [4.69, 9.17) is 28.2 Å². The van der Waals surface area contributed by atoms with E-state index in [0.717, 1.165) is 22.6 Å². The first-order valence-corrected chi connectivity index (χ1v) is 10.8. The van der Waals surface area contributed by atoms with Crippen molar-refractivity contribution in [2.45, 2.75) is 41.0 Å². The van der Waals surface area contributed by atoms with Gasteiger partial charge in [0, 0.05) is 28.6 Å². The number of rotatable bonds is 5. The van der Waals surface area contributed by atoms with Crippen LogP contribution in [0.25, 0.3) is 16.9 Å². The summed E-state index contributed by atoms with van der Waals surface area (Å²) in [7, 11) is 0. The summed E-state index contributed by atoms with van der Waals surface area (Å²) in [5.74, 6) is 0.602. The third kappa shape index (κ3) is 4.88. The van der Waals surface area contributed by atoms with Gasteiger partial charge in [-0.1, -0.05) is 62.2 Å². The highest BCUT2D eigenvalue weighted by Gasteiger charge is 2.27. The Kier molecular flexibility index (Phi) is 6.59. The van der Waals surface area contributed by atoms with Crippen LogP contribution in [0.1, 0.15) is 49.6 Å². The van der Waals surface area contributed by atoms with Gasteiger partial charge in [0.2, 0.25) is 0 Å². The Balaban J connectivity index is 2.41. The molecule has 3 rings (SSSR count). The van der Waals surface area contributed by atoms with Crippen LogP contribution < -0.4 is 5.32 Å². The molecule has 0 atom stereocenters. The first-order valence-electron chi connectivity index (χ1n) is 10.0. The maximum atomic E-state index is 13.0. The number of aryl methyl sites for hydroxylation is 1. The maximum Gasteiger partial charge on any atom is 0.272 e. The lowest BCUT2D eigenvalue weighted by atomic mass is 9.92. The predicted molar refractivity (Wildman–Crippen MR) is 125 cm³/mol. The fourth-order valence-electron chi connectivity index (χ4n) is 3.45. The predicted octanol–water partition coefficient (Wildman–Crippen LogP) is 6.49. The number of carbonyl (C=O) groups is 1. The van der Waals surface area contributed by atoms with Gasteiger partial charge in [-0.25, -0.2) is 4.98 Å². The molecule has 2 aromatic carbocycles. The molecule has 0 unspecified atom stereocenters. The van der Waals surface area contributed by atoms with E-state index in [0.29, 0.717) is 34.4 Å². The van der Waals surface area contributed by atoms with Gasteiger partial charge < -0.3 is 5.32 Å². The molecule has 3 aromatic rings. The zero-order valence-corrected chi connectivity index (χ0v) is 19.5. The Labute approximate surface area is 188 Å². The van der Waals surface area contributed by atoms with Gasteiger partial charge in [-0.3, -0.25) is 9.36 Å². The minimum Gasteiger partial charge on any atom is -0.351 e. The van der Waals surface area contributed by atoms with Gasteiger partial charge in [0.1, 0.15) is 5.82 Å². The average molecular weight is 444 g/mol. The third-order valence-corrected chi connectivity index (χ3v) is 5.17. The zero-order valence-electron chi connectivity index (χ0n) is 18.0. The second-order valence-corrected chi connectivity index (χ2v) is 9.47. The quantitative estimate of drug-likeness (QED) is 0.489. The van der Waals surface area contributed by atoms with Gasteiger partial charge in [0.05, 0.1) is 11.4 Å². The van der Waals surface area contributed by atoms with Gasteiger partial charge in [-0.15, -0.1) is 0 Å². The number of aromatic nitrogens is 2. The van der Waals surface area contributed by atoms with Gasteiger partial charge >= 0.3 is 0 Å². The summed E-state index contributed by atoms with van der Waals surface area (Å²) in [5.41, 5.74) is 3.85. The molecule has 1 N–H and O–H groups in total.